The lowest BCUT2D eigenvalue weighted by atomic mass is 10.3. The zero-order chi connectivity index (χ0) is 18.6. The van der Waals surface area contributed by atoms with Crippen molar-refractivity contribution in [3.63, 3.8) is 0 Å². The van der Waals surface area contributed by atoms with Crippen molar-refractivity contribution in [3.05, 3.63) is 77.6 Å². The standard InChI is InChI=1S/C18H15N7O2/c26-16(11-24-18(27)15-8-10-20-25(15)12-21-24)23-14-7-4-9-19-17(14)22-13-5-2-1-3-6-13/h1-10,12H,11H2,(H,19,22)(H,23,26). The summed E-state index contributed by atoms with van der Waals surface area (Å²) in [4.78, 5) is 29.0. The fourth-order valence-corrected chi connectivity index (χ4v) is 2.57. The Morgan fingerprint density at radius 3 is 2.70 bits per heavy atom. The van der Waals surface area contributed by atoms with Crippen LogP contribution in [0.2, 0.25) is 0 Å². The molecule has 0 aliphatic heterocycles. The molecule has 0 aliphatic rings. The Hall–Kier alpha value is -4.01. The summed E-state index contributed by atoms with van der Waals surface area (Å²) < 4.78 is 2.45. The van der Waals surface area contributed by atoms with Crippen molar-refractivity contribution < 1.29 is 4.79 Å². The van der Waals surface area contributed by atoms with E-state index in [9.17, 15) is 9.59 Å². The van der Waals surface area contributed by atoms with Gasteiger partial charge in [0.2, 0.25) is 5.91 Å². The van der Waals surface area contributed by atoms with Crippen LogP contribution in [0, 0.1) is 0 Å². The number of carbonyl (C=O) groups is 1. The van der Waals surface area contributed by atoms with Crippen LogP contribution in [0.1, 0.15) is 0 Å². The molecule has 0 aliphatic carbocycles. The lowest BCUT2D eigenvalue weighted by Gasteiger charge is -2.12. The van der Waals surface area contributed by atoms with E-state index in [-0.39, 0.29) is 12.1 Å². The largest absolute Gasteiger partial charge is 0.339 e. The molecule has 134 valence electrons. The van der Waals surface area contributed by atoms with Gasteiger partial charge in [-0.15, -0.1) is 0 Å². The van der Waals surface area contributed by atoms with E-state index in [1.54, 1.807) is 24.4 Å². The van der Waals surface area contributed by atoms with Gasteiger partial charge < -0.3 is 10.6 Å². The van der Waals surface area contributed by atoms with Crippen molar-refractivity contribution in [2.24, 2.45) is 0 Å². The molecule has 0 unspecified atom stereocenters. The molecule has 0 atom stereocenters. The number of para-hydroxylation sites is 1. The van der Waals surface area contributed by atoms with Crippen LogP contribution in [0.3, 0.4) is 0 Å². The number of hydrogen-bond donors (Lipinski definition) is 2. The average Bonchev–Trinajstić information content (AvgIpc) is 3.16. The quantitative estimate of drug-likeness (QED) is 0.560. The number of nitrogens with zero attached hydrogens (tertiary/aromatic N) is 5. The van der Waals surface area contributed by atoms with Crippen molar-refractivity contribution in [3.8, 4) is 0 Å². The highest BCUT2D eigenvalue weighted by atomic mass is 16.2. The molecule has 0 saturated carbocycles. The third-order valence-corrected chi connectivity index (χ3v) is 3.84. The van der Waals surface area contributed by atoms with Gasteiger partial charge in [0.1, 0.15) is 18.4 Å². The number of anilines is 3. The molecule has 3 aromatic heterocycles. The smallest absolute Gasteiger partial charge is 0.293 e. The summed E-state index contributed by atoms with van der Waals surface area (Å²) >= 11 is 0. The van der Waals surface area contributed by atoms with E-state index in [1.807, 2.05) is 30.3 Å². The molecule has 27 heavy (non-hydrogen) atoms. The van der Waals surface area contributed by atoms with E-state index in [4.69, 9.17) is 0 Å². The van der Waals surface area contributed by atoms with Crippen LogP contribution in [-0.2, 0) is 11.3 Å². The minimum Gasteiger partial charge on any atom is -0.339 e. The highest BCUT2D eigenvalue weighted by Crippen LogP contribution is 2.22. The SMILES string of the molecule is O=C(Cn1ncn2nccc2c1=O)Nc1cccnc1Nc1ccccc1. The predicted octanol–water partition coefficient (Wildman–Crippen LogP) is 1.67. The summed E-state index contributed by atoms with van der Waals surface area (Å²) in [6.45, 7) is -0.222. The van der Waals surface area contributed by atoms with Crippen LogP contribution >= 0.6 is 0 Å². The highest BCUT2D eigenvalue weighted by Gasteiger charge is 2.12. The number of amides is 1. The van der Waals surface area contributed by atoms with E-state index in [1.165, 1.54) is 17.0 Å². The van der Waals surface area contributed by atoms with Gasteiger partial charge in [-0.05, 0) is 30.3 Å². The van der Waals surface area contributed by atoms with E-state index < -0.39 is 5.91 Å². The molecule has 3 heterocycles. The molecule has 4 aromatic rings. The summed E-state index contributed by atoms with van der Waals surface area (Å²) in [5.74, 6) is 0.112. The molecule has 4 rings (SSSR count). The number of pyridine rings is 1. The third kappa shape index (κ3) is 3.52. The fraction of sp³-hybridized carbons (Fsp3) is 0.0556. The molecule has 0 spiro atoms. The van der Waals surface area contributed by atoms with Gasteiger partial charge in [0.25, 0.3) is 5.56 Å². The van der Waals surface area contributed by atoms with E-state index >= 15 is 0 Å². The molecule has 0 bridgehead atoms. The summed E-state index contributed by atoms with van der Waals surface area (Å²) in [5.41, 5.74) is 1.31. The van der Waals surface area contributed by atoms with Gasteiger partial charge in [-0.3, -0.25) is 9.59 Å². The van der Waals surface area contributed by atoms with Crippen LogP contribution in [0.4, 0.5) is 17.2 Å². The summed E-state index contributed by atoms with van der Waals surface area (Å²) in [5, 5.41) is 13.8. The summed E-state index contributed by atoms with van der Waals surface area (Å²) in [6, 6.07) is 14.5. The number of hydrogen-bond acceptors (Lipinski definition) is 6. The number of nitrogens with one attached hydrogen (secondary N) is 2. The Balaban J connectivity index is 1.53. The van der Waals surface area contributed by atoms with Gasteiger partial charge in [0.05, 0.1) is 11.9 Å². The minimum absolute atomic E-state index is 0.222. The Morgan fingerprint density at radius 1 is 1.00 bits per heavy atom. The zero-order valence-corrected chi connectivity index (χ0v) is 14.1. The van der Waals surface area contributed by atoms with Crippen LogP contribution in [0.5, 0.6) is 0 Å². The Morgan fingerprint density at radius 2 is 1.85 bits per heavy atom. The van der Waals surface area contributed by atoms with Gasteiger partial charge in [-0.25, -0.2) is 14.2 Å². The normalized spacial score (nSPS) is 10.7. The Bertz CT molecular complexity index is 1150. The van der Waals surface area contributed by atoms with E-state index in [0.717, 1.165) is 10.4 Å². The van der Waals surface area contributed by atoms with E-state index in [2.05, 4.69) is 25.8 Å². The molecule has 2 N–H and O–H groups in total. The van der Waals surface area contributed by atoms with Crippen molar-refractivity contribution >= 4 is 28.6 Å². The first kappa shape index (κ1) is 16.5. The van der Waals surface area contributed by atoms with Crippen molar-refractivity contribution in [2.75, 3.05) is 10.6 Å². The second kappa shape index (κ2) is 7.08. The molecule has 0 fully saturated rings. The van der Waals surface area contributed by atoms with E-state index in [0.29, 0.717) is 17.0 Å². The first-order valence-electron chi connectivity index (χ1n) is 8.17. The molecule has 0 saturated heterocycles. The molecular weight excluding hydrogens is 346 g/mol. The van der Waals surface area contributed by atoms with Gasteiger partial charge in [0.15, 0.2) is 5.82 Å². The first-order chi connectivity index (χ1) is 13.2. The Kier molecular flexibility index (Phi) is 4.32. The maximum Gasteiger partial charge on any atom is 0.293 e. The Labute approximate surface area is 153 Å². The number of rotatable bonds is 5. The van der Waals surface area contributed by atoms with Crippen LogP contribution in [0.15, 0.2) is 72.0 Å². The lowest BCUT2D eigenvalue weighted by Crippen LogP contribution is -2.30. The topological polar surface area (TPSA) is 106 Å². The van der Waals surface area contributed by atoms with Crippen LogP contribution in [0.25, 0.3) is 5.52 Å². The van der Waals surface area contributed by atoms with Crippen molar-refractivity contribution in [1.29, 1.82) is 0 Å². The molecule has 0 radical (unpaired) electrons. The fourth-order valence-electron chi connectivity index (χ4n) is 2.57. The second-order valence-corrected chi connectivity index (χ2v) is 5.69. The maximum absolute atomic E-state index is 12.4. The highest BCUT2D eigenvalue weighted by molar-refractivity contribution is 5.93. The molecule has 9 heteroatoms. The van der Waals surface area contributed by atoms with Crippen molar-refractivity contribution in [1.82, 2.24) is 24.4 Å². The summed E-state index contributed by atoms with van der Waals surface area (Å²) in [6.07, 6.45) is 4.51. The molecule has 9 nitrogen and oxygen atoms in total. The zero-order valence-electron chi connectivity index (χ0n) is 14.1. The molecule has 1 aromatic carbocycles. The number of carbonyl (C=O) groups excluding carboxylic acids is 1. The van der Waals surface area contributed by atoms with Crippen LogP contribution < -0.4 is 16.2 Å². The maximum atomic E-state index is 12.4. The van der Waals surface area contributed by atoms with Gasteiger partial charge in [0, 0.05) is 11.9 Å². The average molecular weight is 361 g/mol. The summed E-state index contributed by atoms with van der Waals surface area (Å²) in [7, 11) is 0. The number of aromatic nitrogens is 5. The second-order valence-electron chi connectivity index (χ2n) is 5.69. The molecular formula is C18H15N7O2. The van der Waals surface area contributed by atoms with Crippen molar-refractivity contribution in [2.45, 2.75) is 6.54 Å². The third-order valence-electron chi connectivity index (χ3n) is 3.84. The lowest BCUT2D eigenvalue weighted by molar-refractivity contribution is -0.117. The predicted molar refractivity (Wildman–Crippen MR) is 99.8 cm³/mol. The number of fused-ring (bicyclic) bond motifs is 1. The van der Waals surface area contributed by atoms with Gasteiger partial charge in [-0.2, -0.15) is 10.2 Å². The monoisotopic (exact) mass is 361 g/mol. The van der Waals surface area contributed by atoms with Gasteiger partial charge >= 0.3 is 0 Å². The minimum atomic E-state index is -0.391. The van der Waals surface area contributed by atoms with Crippen LogP contribution in [-0.4, -0.2) is 30.3 Å². The molecule has 1 amide bonds. The van der Waals surface area contributed by atoms with Gasteiger partial charge in [-0.1, -0.05) is 18.2 Å². The first-order valence-corrected chi connectivity index (χ1v) is 8.17. The number of benzene rings is 1.